The van der Waals surface area contributed by atoms with Gasteiger partial charge in [0.15, 0.2) is 0 Å². The van der Waals surface area contributed by atoms with Gasteiger partial charge in [-0.1, -0.05) is 34.1 Å². The molecule has 0 spiro atoms. The lowest BCUT2D eigenvalue weighted by Gasteiger charge is -2.16. The monoisotopic (exact) mass is 254 g/mol. The summed E-state index contributed by atoms with van der Waals surface area (Å²) >= 11 is 3.58. The van der Waals surface area contributed by atoms with Crippen molar-refractivity contribution < 1.29 is 5.11 Å². The molecule has 0 heterocycles. The summed E-state index contributed by atoms with van der Waals surface area (Å²) in [6.07, 6.45) is 3.55. The first kappa shape index (κ1) is 10.2. The third-order valence-corrected chi connectivity index (χ3v) is 3.66. The van der Waals surface area contributed by atoms with Gasteiger partial charge in [-0.3, -0.25) is 0 Å². The van der Waals surface area contributed by atoms with E-state index < -0.39 is 0 Å². The minimum atomic E-state index is 0.294. The van der Waals surface area contributed by atoms with Gasteiger partial charge in [-0.15, -0.1) is 0 Å². The van der Waals surface area contributed by atoms with E-state index in [2.05, 4.69) is 34.1 Å². The topological polar surface area (TPSA) is 20.2 Å². The maximum absolute atomic E-state index is 9.05. The van der Waals surface area contributed by atoms with Crippen LogP contribution in [0.3, 0.4) is 0 Å². The van der Waals surface area contributed by atoms with Crippen LogP contribution in [0.1, 0.15) is 30.7 Å². The average Bonchev–Trinajstić information content (AvgIpc) is 2.99. The number of aliphatic hydroxyl groups is 1. The van der Waals surface area contributed by atoms with E-state index in [0.717, 1.165) is 12.3 Å². The summed E-state index contributed by atoms with van der Waals surface area (Å²) in [7, 11) is 0. The zero-order valence-electron chi connectivity index (χ0n) is 8.12. The summed E-state index contributed by atoms with van der Waals surface area (Å²) < 4.78 is 1.19. The van der Waals surface area contributed by atoms with E-state index in [0.29, 0.717) is 12.5 Å². The van der Waals surface area contributed by atoms with E-state index in [4.69, 9.17) is 5.11 Å². The Labute approximate surface area is 93.3 Å². The number of halogens is 1. The largest absolute Gasteiger partial charge is 0.396 e. The number of hydrogen-bond acceptors (Lipinski definition) is 1. The fraction of sp³-hybridized carbons (Fsp3) is 0.500. The van der Waals surface area contributed by atoms with E-state index in [1.54, 1.807) is 0 Å². The van der Waals surface area contributed by atoms with Crippen LogP contribution in [0.15, 0.2) is 28.7 Å². The molecule has 0 bridgehead atoms. The molecule has 1 aromatic rings. The highest BCUT2D eigenvalue weighted by atomic mass is 79.9. The van der Waals surface area contributed by atoms with Gasteiger partial charge < -0.3 is 5.11 Å². The molecule has 1 fully saturated rings. The Morgan fingerprint density at radius 1 is 1.36 bits per heavy atom. The highest BCUT2D eigenvalue weighted by Crippen LogP contribution is 2.45. The van der Waals surface area contributed by atoms with E-state index >= 15 is 0 Å². The fourth-order valence-electron chi connectivity index (χ4n) is 2.06. The smallest absolute Gasteiger partial charge is 0.0436 e. The first-order valence-corrected chi connectivity index (χ1v) is 5.97. The first-order valence-electron chi connectivity index (χ1n) is 5.18. The van der Waals surface area contributed by atoms with Gasteiger partial charge in [0.05, 0.1) is 0 Å². The van der Waals surface area contributed by atoms with Crippen molar-refractivity contribution >= 4 is 15.9 Å². The van der Waals surface area contributed by atoms with Crippen LogP contribution in [0.25, 0.3) is 0 Å². The summed E-state index contributed by atoms with van der Waals surface area (Å²) in [5.41, 5.74) is 1.36. The van der Waals surface area contributed by atoms with Gasteiger partial charge in [0.25, 0.3) is 0 Å². The van der Waals surface area contributed by atoms with Crippen molar-refractivity contribution in [1.82, 2.24) is 0 Å². The van der Waals surface area contributed by atoms with Gasteiger partial charge in [0.2, 0.25) is 0 Å². The third-order valence-electron chi connectivity index (χ3n) is 2.94. The molecule has 76 valence electrons. The summed E-state index contributed by atoms with van der Waals surface area (Å²) in [4.78, 5) is 0. The summed E-state index contributed by atoms with van der Waals surface area (Å²) in [6.45, 7) is 0.294. The van der Waals surface area contributed by atoms with E-state index in [1.165, 1.54) is 22.9 Å². The predicted octanol–water partition coefficient (Wildman–Crippen LogP) is 3.33. The summed E-state index contributed by atoms with van der Waals surface area (Å²) in [5, 5.41) is 9.05. The molecule has 1 nitrogen and oxygen atoms in total. The van der Waals surface area contributed by atoms with Crippen molar-refractivity contribution in [3.8, 4) is 0 Å². The summed E-state index contributed by atoms with van der Waals surface area (Å²) in [5.74, 6) is 1.36. The first-order chi connectivity index (χ1) is 6.83. The van der Waals surface area contributed by atoms with Gasteiger partial charge in [-0.2, -0.15) is 0 Å². The maximum Gasteiger partial charge on any atom is 0.0436 e. The van der Waals surface area contributed by atoms with Crippen molar-refractivity contribution in [1.29, 1.82) is 0 Å². The normalized spacial score (nSPS) is 18.1. The molecule has 2 heteroatoms. The summed E-state index contributed by atoms with van der Waals surface area (Å²) in [6, 6.07) is 8.37. The van der Waals surface area contributed by atoms with Crippen LogP contribution in [0.5, 0.6) is 0 Å². The third kappa shape index (κ3) is 2.18. The average molecular weight is 255 g/mol. The zero-order chi connectivity index (χ0) is 9.97. The molecule has 14 heavy (non-hydrogen) atoms. The van der Waals surface area contributed by atoms with E-state index in [-0.39, 0.29) is 0 Å². The molecule has 1 aliphatic carbocycles. The zero-order valence-corrected chi connectivity index (χ0v) is 9.70. The number of benzene rings is 1. The molecule has 1 unspecified atom stereocenters. The van der Waals surface area contributed by atoms with E-state index in [1.807, 2.05) is 6.07 Å². The molecule has 0 aliphatic heterocycles. The highest BCUT2D eigenvalue weighted by molar-refractivity contribution is 9.10. The number of hydrogen-bond donors (Lipinski definition) is 1. The second kappa shape index (κ2) is 4.45. The molecule has 1 saturated carbocycles. The van der Waals surface area contributed by atoms with Gasteiger partial charge >= 0.3 is 0 Å². The molecule has 0 amide bonds. The quantitative estimate of drug-likeness (QED) is 0.874. The predicted molar refractivity (Wildman–Crippen MR) is 61.3 cm³/mol. The standard InChI is InChI=1S/C12H15BrO/c13-12-4-2-1-3-11(12)10(7-8-14)9-5-6-9/h1-4,9-10,14H,5-8H2. The Morgan fingerprint density at radius 3 is 2.64 bits per heavy atom. The Bertz CT molecular complexity index is 307. The van der Waals surface area contributed by atoms with Crippen LogP contribution in [0.4, 0.5) is 0 Å². The van der Waals surface area contributed by atoms with Gasteiger partial charge in [-0.05, 0) is 42.7 Å². The molecular weight excluding hydrogens is 240 g/mol. The van der Waals surface area contributed by atoms with Gasteiger partial charge in [-0.25, -0.2) is 0 Å². The van der Waals surface area contributed by atoms with Gasteiger partial charge in [0.1, 0.15) is 0 Å². The molecule has 1 aromatic carbocycles. The van der Waals surface area contributed by atoms with Crippen LogP contribution in [0.2, 0.25) is 0 Å². The van der Waals surface area contributed by atoms with Crippen LogP contribution in [0, 0.1) is 5.92 Å². The minimum absolute atomic E-state index is 0.294. The molecule has 1 N–H and O–H groups in total. The molecule has 1 atom stereocenters. The lowest BCUT2D eigenvalue weighted by Crippen LogP contribution is -2.04. The van der Waals surface area contributed by atoms with Crippen molar-refractivity contribution in [2.45, 2.75) is 25.2 Å². The SMILES string of the molecule is OCCC(c1ccccc1Br)C1CC1. The van der Waals surface area contributed by atoms with Crippen LogP contribution < -0.4 is 0 Å². The van der Waals surface area contributed by atoms with Gasteiger partial charge in [0, 0.05) is 11.1 Å². The molecule has 0 aromatic heterocycles. The lowest BCUT2D eigenvalue weighted by atomic mass is 9.91. The second-order valence-electron chi connectivity index (χ2n) is 3.98. The molecule has 1 aliphatic rings. The van der Waals surface area contributed by atoms with Crippen molar-refractivity contribution in [3.05, 3.63) is 34.3 Å². The molecular formula is C12H15BrO. The fourth-order valence-corrected chi connectivity index (χ4v) is 2.64. The Balaban J connectivity index is 2.21. The maximum atomic E-state index is 9.05. The van der Waals surface area contributed by atoms with E-state index in [9.17, 15) is 0 Å². The second-order valence-corrected chi connectivity index (χ2v) is 4.83. The minimum Gasteiger partial charge on any atom is -0.396 e. The highest BCUT2D eigenvalue weighted by Gasteiger charge is 2.32. The number of rotatable bonds is 4. The van der Waals surface area contributed by atoms with Crippen molar-refractivity contribution in [2.24, 2.45) is 5.92 Å². The van der Waals surface area contributed by atoms with Crippen molar-refractivity contribution in [2.75, 3.05) is 6.61 Å². The molecule has 0 saturated heterocycles. The van der Waals surface area contributed by atoms with Crippen LogP contribution >= 0.6 is 15.9 Å². The Kier molecular flexibility index (Phi) is 3.24. The van der Waals surface area contributed by atoms with Crippen LogP contribution in [-0.2, 0) is 0 Å². The molecule has 2 rings (SSSR count). The number of aliphatic hydroxyl groups excluding tert-OH is 1. The Morgan fingerprint density at radius 2 is 2.07 bits per heavy atom. The lowest BCUT2D eigenvalue weighted by molar-refractivity contribution is 0.269. The van der Waals surface area contributed by atoms with Crippen LogP contribution in [-0.4, -0.2) is 11.7 Å². The Hall–Kier alpha value is -0.340. The van der Waals surface area contributed by atoms with Crippen molar-refractivity contribution in [3.63, 3.8) is 0 Å². The molecule has 0 radical (unpaired) electrons.